The fourth-order valence-corrected chi connectivity index (χ4v) is 4.91. The molecule has 2 N–H and O–H groups in total. The molecule has 6 heteroatoms. The second kappa shape index (κ2) is 8.38. The van der Waals surface area contributed by atoms with Crippen LogP contribution in [0.1, 0.15) is 62.1 Å². The second-order valence-electron chi connectivity index (χ2n) is 8.09. The molecule has 4 rings (SSSR count). The first-order valence-electron chi connectivity index (χ1n) is 10.2. The van der Waals surface area contributed by atoms with E-state index in [1.165, 1.54) is 37.3 Å². The van der Waals surface area contributed by atoms with Crippen molar-refractivity contribution >= 4 is 17.7 Å². The van der Waals surface area contributed by atoms with Gasteiger partial charge >= 0.3 is 11.9 Å². The Hall–Kier alpha value is -3.80. The summed E-state index contributed by atoms with van der Waals surface area (Å²) in [6, 6.07) is 19.2. The number of halogens is 1. The van der Waals surface area contributed by atoms with Gasteiger partial charge in [0.25, 0.3) is 0 Å². The third kappa shape index (κ3) is 3.68. The molecular weight excluding hydrogens is 411 g/mol. The van der Waals surface area contributed by atoms with E-state index >= 15 is 0 Å². The van der Waals surface area contributed by atoms with Crippen molar-refractivity contribution in [1.29, 1.82) is 0 Å². The summed E-state index contributed by atoms with van der Waals surface area (Å²) in [7, 11) is 0. The fraction of sp³-hybridized carbons (Fsp3) is 0.192. The van der Waals surface area contributed by atoms with E-state index < -0.39 is 29.6 Å². The van der Waals surface area contributed by atoms with Gasteiger partial charge in [-0.25, -0.2) is 14.0 Å². The first kappa shape index (κ1) is 21.4. The molecule has 3 aromatic rings. The minimum Gasteiger partial charge on any atom is -0.478 e. The smallest absolute Gasteiger partial charge is 0.335 e. The van der Waals surface area contributed by atoms with Crippen molar-refractivity contribution in [2.24, 2.45) is 5.92 Å². The fourth-order valence-electron chi connectivity index (χ4n) is 4.91. The van der Waals surface area contributed by atoms with Crippen LogP contribution in [-0.4, -0.2) is 27.9 Å². The minimum atomic E-state index is -1.04. The molecule has 0 bridgehead atoms. The van der Waals surface area contributed by atoms with Crippen molar-refractivity contribution in [2.45, 2.75) is 24.7 Å². The maximum atomic E-state index is 14.8. The van der Waals surface area contributed by atoms with E-state index in [4.69, 9.17) is 0 Å². The zero-order chi connectivity index (χ0) is 23.0. The number of carbonyl (C=O) groups is 3. The number of aromatic carboxylic acids is 2. The third-order valence-electron chi connectivity index (χ3n) is 6.37. The van der Waals surface area contributed by atoms with E-state index in [2.05, 4.69) is 0 Å². The van der Waals surface area contributed by atoms with Gasteiger partial charge in [-0.05, 0) is 59.9 Å². The first-order chi connectivity index (χ1) is 15.3. The zero-order valence-electron chi connectivity index (χ0n) is 17.2. The number of carbonyl (C=O) groups excluding carboxylic acids is 1. The van der Waals surface area contributed by atoms with Gasteiger partial charge < -0.3 is 10.2 Å². The molecule has 0 saturated heterocycles. The maximum absolute atomic E-state index is 14.8. The van der Waals surface area contributed by atoms with Crippen LogP contribution in [0.4, 0.5) is 4.39 Å². The minimum absolute atomic E-state index is 0.0797. The Morgan fingerprint density at radius 2 is 1.16 bits per heavy atom. The van der Waals surface area contributed by atoms with Crippen LogP contribution in [0.3, 0.4) is 0 Å². The SMILES string of the molecule is CC(=O)[C@H]1[C@H](c2ccc(C(=O)O)cc2)[C@H](c2ccc(C(=O)O)cc2)[C@H]1c1ccccc1F. The molecule has 1 saturated carbocycles. The van der Waals surface area contributed by atoms with E-state index in [-0.39, 0.29) is 28.7 Å². The summed E-state index contributed by atoms with van der Waals surface area (Å²) >= 11 is 0. The average Bonchev–Trinajstić information content (AvgIpc) is 2.75. The predicted octanol–water partition coefficient (Wildman–Crippen LogP) is 5.09. The third-order valence-corrected chi connectivity index (χ3v) is 6.37. The molecular formula is C26H21FO5. The summed E-state index contributed by atoms with van der Waals surface area (Å²) in [6.07, 6.45) is 0. The second-order valence-corrected chi connectivity index (χ2v) is 8.09. The molecule has 32 heavy (non-hydrogen) atoms. The van der Waals surface area contributed by atoms with E-state index in [9.17, 15) is 29.0 Å². The van der Waals surface area contributed by atoms with Crippen molar-refractivity contribution in [1.82, 2.24) is 0 Å². The normalized spacial score (nSPS) is 22.1. The van der Waals surface area contributed by atoms with E-state index in [1.54, 1.807) is 42.5 Å². The predicted molar refractivity (Wildman–Crippen MR) is 116 cm³/mol. The van der Waals surface area contributed by atoms with Crippen LogP contribution in [0, 0.1) is 11.7 Å². The van der Waals surface area contributed by atoms with Gasteiger partial charge in [-0.1, -0.05) is 42.5 Å². The Kier molecular flexibility index (Phi) is 5.61. The van der Waals surface area contributed by atoms with Crippen molar-refractivity contribution in [3.63, 3.8) is 0 Å². The highest BCUT2D eigenvalue weighted by Gasteiger charge is 2.54. The van der Waals surface area contributed by atoms with Gasteiger partial charge in [0, 0.05) is 17.8 Å². The first-order valence-corrected chi connectivity index (χ1v) is 10.2. The van der Waals surface area contributed by atoms with Crippen LogP contribution in [0.2, 0.25) is 0 Å². The molecule has 0 radical (unpaired) electrons. The standard InChI is InChI=1S/C26H21FO5/c1-14(28)21-22(15-6-10-17(11-7-15)25(29)30)23(16-8-12-18(13-9-16)26(31)32)24(21)19-4-2-3-5-20(19)27/h2-13,21-24H,1H3,(H,29,30)(H,31,32)/t21-,22-,23-,24-/m0/s1. The number of carboxylic acids is 2. The van der Waals surface area contributed by atoms with Crippen molar-refractivity contribution in [3.8, 4) is 0 Å². The van der Waals surface area contributed by atoms with Crippen LogP contribution in [0.25, 0.3) is 0 Å². The van der Waals surface area contributed by atoms with Crippen LogP contribution in [0.5, 0.6) is 0 Å². The molecule has 1 fully saturated rings. The van der Waals surface area contributed by atoms with Gasteiger partial charge in [-0.3, -0.25) is 4.79 Å². The monoisotopic (exact) mass is 432 g/mol. The van der Waals surface area contributed by atoms with E-state index in [0.29, 0.717) is 5.56 Å². The number of Topliss-reactive ketones (excluding diaryl/α,β-unsaturated/α-hetero) is 1. The quantitative estimate of drug-likeness (QED) is 0.566. The molecule has 4 atom stereocenters. The molecule has 0 unspecified atom stereocenters. The Morgan fingerprint density at radius 1 is 0.688 bits per heavy atom. The lowest BCUT2D eigenvalue weighted by atomic mass is 9.49. The summed E-state index contributed by atoms with van der Waals surface area (Å²) in [4.78, 5) is 35.2. The lowest BCUT2D eigenvalue weighted by Crippen LogP contribution is -2.45. The molecule has 0 spiro atoms. The van der Waals surface area contributed by atoms with Gasteiger partial charge in [-0.15, -0.1) is 0 Å². The highest BCUT2D eigenvalue weighted by atomic mass is 19.1. The Labute approximate surface area is 184 Å². The molecule has 0 amide bonds. The van der Waals surface area contributed by atoms with Gasteiger partial charge in [-0.2, -0.15) is 0 Å². The van der Waals surface area contributed by atoms with Crippen molar-refractivity contribution in [3.05, 3.63) is 106 Å². The molecule has 0 aromatic heterocycles. The summed E-state index contributed by atoms with van der Waals surface area (Å²) in [5.41, 5.74) is 2.31. The summed E-state index contributed by atoms with van der Waals surface area (Å²) in [6.45, 7) is 1.49. The van der Waals surface area contributed by atoms with Crippen LogP contribution >= 0.6 is 0 Å². The Balaban J connectivity index is 1.83. The molecule has 1 aliphatic carbocycles. The number of rotatable bonds is 6. The van der Waals surface area contributed by atoms with Crippen molar-refractivity contribution < 1.29 is 29.0 Å². The number of benzene rings is 3. The van der Waals surface area contributed by atoms with Crippen LogP contribution in [0.15, 0.2) is 72.8 Å². The molecule has 0 aliphatic heterocycles. The topological polar surface area (TPSA) is 91.7 Å². The summed E-state index contributed by atoms with van der Waals surface area (Å²) in [5, 5.41) is 18.4. The molecule has 162 valence electrons. The number of ketones is 1. The lowest BCUT2D eigenvalue weighted by molar-refractivity contribution is -0.126. The zero-order valence-corrected chi connectivity index (χ0v) is 17.2. The maximum Gasteiger partial charge on any atom is 0.335 e. The number of hydrogen-bond acceptors (Lipinski definition) is 3. The van der Waals surface area contributed by atoms with E-state index in [1.807, 2.05) is 0 Å². The summed E-state index contributed by atoms with van der Waals surface area (Å²) in [5.74, 6) is -4.05. The van der Waals surface area contributed by atoms with Crippen LogP contribution < -0.4 is 0 Å². The molecule has 1 aliphatic rings. The van der Waals surface area contributed by atoms with Crippen molar-refractivity contribution in [2.75, 3.05) is 0 Å². The Morgan fingerprint density at radius 3 is 1.59 bits per heavy atom. The largest absolute Gasteiger partial charge is 0.478 e. The highest BCUT2D eigenvalue weighted by Crippen LogP contribution is 2.62. The Bertz CT molecular complexity index is 1180. The van der Waals surface area contributed by atoms with Gasteiger partial charge in [0.15, 0.2) is 0 Å². The summed E-state index contributed by atoms with van der Waals surface area (Å²) < 4.78 is 14.8. The molecule has 5 nitrogen and oxygen atoms in total. The van der Waals surface area contributed by atoms with E-state index in [0.717, 1.165) is 11.1 Å². The van der Waals surface area contributed by atoms with Gasteiger partial charge in [0.2, 0.25) is 0 Å². The van der Waals surface area contributed by atoms with Crippen LogP contribution in [-0.2, 0) is 4.79 Å². The van der Waals surface area contributed by atoms with Gasteiger partial charge in [0.05, 0.1) is 11.1 Å². The highest BCUT2D eigenvalue weighted by molar-refractivity contribution is 5.88. The number of hydrogen-bond donors (Lipinski definition) is 2. The lowest BCUT2D eigenvalue weighted by Gasteiger charge is -2.52. The average molecular weight is 432 g/mol. The molecule has 0 heterocycles. The van der Waals surface area contributed by atoms with Gasteiger partial charge in [0.1, 0.15) is 11.6 Å². The number of carboxylic acid groups (broad SMARTS) is 2. The molecule has 3 aromatic carbocycles.